The molecule has 1 heterocycles. The van der Waals surface area contributed by atoms with Crippen molar-refractivity contribution in [3.8, 4) is 0 Å². The van der Waals surface area contributed by atoms with Gasteiger partial charge in [-0.2, -0.15) is 4.98 Å². The lowest BCUT2D eigenvalue weighted by Gasteiger charge is -2.04. The summed E-state index contributed by atoms with van der Waals surface area (Å²) in [5, 5.41) is 12.2. The van der Waals surface area contributed by atoms with Crippen molar-refractivity contribution in [3.05, 3.63) is 42.0 Å². The van der Waals surface area contributed by atoms with Gasteiger partial charge in [-0.25, -0.2) is 17.9 Å². The van der Waals surface area contributed by atoms with E-state index in [1.165, 1.54) is 24.3 Å². The summed E-state index contributed by atoms with van der Waals surface area (Å²) in [6.07, 6.45) is 1.09. The van der Waals surface area contributed by atoms with Gasteiger partial charge in [0.15, 0.2) is 5.82 Å². The number of aromatic carboxylic acids is 1. The molecule has 1 aromatic heterocycles. The zero-order valence-electron chi connectivity index (χ0n) is 9.48. The van der Waals surface area contributed by atoms with Gasteiger partial charge < -0.3 is 9.63 Å². The van der Waals surface area contributed by atoms with Gasteiger partial charge in [0.25, 0.3) is 0 Å². The number of rotatable bonds is 5. The first-order chi connectivity index (χ1) is 8.99. The normalized spacial score (nSPS) is 11.4. The van der Waals surface area contributed by atoms with Gasteiger partial charge in [0.1, 0.15) is 0 Å². The van der Waals surface area contributed by atoms with Gasteiger partial charge in [0.05, 0.1) is 17.0 Å². The molecule has 0 aliphatic carbocycles. The highest BCUT2D eigenvalue weighted by Crippen LogP contribution is 2.10. The van der Waals surface area contributed by atoms with Crippen molar-refractivity contribution in [3.63, 3.8) is 0 Å². The van der Waals surface area contributed by atoms with E-state index in [0.717, 1.165) is 6.39 Å². The van der Waals surface area contributed by atoms with Gasteiger partial charge >= 0.3 is 5.97 Å². The molecule has 9 heteroatoms. The van der Waals surface area contributed by atoms with E-state index in [2.05, 4.69) is 19.4 Å². The predicted molar refractivity (Wildman–Crippen MR) is 61.7 cm³/mol. The quantitative estimate of drug-likeness (QED) is 0.806. The Bertz CT molecular complexity index is 664. The number of sulfonamides is 1. The number of carboxylic acids is 1. The smallest absolute Gasteiger partial charge is 0.335 e. The molecule has 0 aliphatic rings. The van der Waals surface area contributed by atoms with Gasteiger partial charge in [0.2, 0.25) is 16.4 Å². The number of carbonyl (C=O) groups is 1. The van der Waals surface area contributed by atoms with E-state index >= 15 is 0 Å². The number of aromatic nitrogens is 2. The molecule has 0 unspecified atom stereocenters. The Hall–Kier alpha value is -2.26. The number of carboxylic acid groups (broad SMARTS) is 1. The van der Waals surface area contributed by atoms with Crippen molar-refractivity contribution in [2.45, 2.75) is 11.4 Å². The van der Waals surface area contributed by atoms with Crippen LogP contribution in [0.15, 0.2) is 40.1 Å². The van der Waals surface area contributed by atoms with E-state index in [0.29, 0.717) is 0 Å². The lowest BCUT2D eigenvalue weighted by molar-refractivity contribution is 0.0696. The standard InChI is InChI=1S/C10H9N3O5S/c14-10(15)7-1-3-8(4-2-7)19(16,17)12-5-9-11-6-18-13-9/h1-4,6,12H,5H2,(H,14,15). The van der Waals surface area contributed by atoms with E-state index in [1.54, 1.807) is 0 Å². The second-order valence-electron chi connectivity index (χ2n) is 3.50. The minimum atomic E-state index is -3.74. The highest BCUT2D eigenvalue weighted by molar-refractivity contribution is 7.89. The second kappa shape index (κ2) is 5.16. The zero-order valence-corrected chi connectivity index (χ0v) is 10.3. The van der Waals surface area contributed by atoms with Gasteiger partial charge in [-0.3, -0.25) is 0 Å². The van der Waals surface area contributed by atoms with Crippen molar-refractivity contribution in [2.75, 3.05) is 0 Å². The third-order valence-corrected chi connectivity index (χ3v) is 3.66. The number of benzene rings is 1. The van der Waals surface area contributed by atoms with E-state index in [4.69, 9.17) is 5.11 Å². The molecule has 0 saturated heterocycles. The number of nitrogens with zero attached hydrogens (tertiary/aromatic N) is 2. The molecule has 0 radical (unpaired) electrons. The fraction of sp³-hybridized carbons (Fsp3) is 0.100. The summed E-state index contributed by atoms with van der Waals surface area (Å²) in [7, 11) is -3.74. The minimum Gasteiger partial charge on any atom is -0.478 e. The Morgan fingerprint density at radius 3 is 2.53 bits per heavy atom. The van der Waals surface area contributed by atoms with Crippen molar-refractivity contribution in [2.24, 2.45) is 0 Å². The van der Waals surface area contributed by atoms with Crippen LogP contribution in [-0.4, -0.2) is 29.6 Å². The Morgan fingerprint density at radius 2 is 2.00 bits per heavy atom. The summed E-state index contributed by atoms with van der Waals surface area (Å²) in [5.74, 6) is -0.922. The first-order valence-electron chi connectivity index (χ1n) is 5.07. The maximum Gasteiger partial charge on any atom is 0.335 e. The monoisotopic (exact) mass is 283 g/mol. The zero-order chi connectivity index (χ0) is 13.9. The van der Waals surface area contributed by atoms with Crippen LogP contribution in [0, 0.1) is 0 Å². The van der Waals surface area contributed by atoms with Gasteiger partial charge in [-0.05, 0) is 24.3 Å². The van der Waals surface area contributed by atoms with Crippen LogP contribution in [0.2, 0.25) is 0 Å². The molecule has 1 aromatic carbocycles. The molecule has 2 N–H and O–H groups in total. The summed E-state index contributed by atoms with van der Waals surface area (Å²) in [6, 6.07) is 4.85. The molecule has 0 bridgehead atoms. The van der Waals surface area contributed by atoms with E-state index in [1.807, 2.05) is 0 Å². The van der Waals surface area contributed by atoms with Crippen LogP contribution in [0.3, 0.4) is 0 Å². The van der Waals surface area contributed by atoms with Crippen LogP contribution in [0.4, 0.5) is 0 Å². The molecule has 0 aliphatic heterocycles. The Kier molecular flexibility index (Phi) is 3.58. The van der Waals surface area contributed by atoms with E-state index in [-0.39, 0.29) is 22.8 Å². The molecule has 8 nitrogen and oxygen atoms in total. The molecule has 2 rings (SSSR count). The fourth-order valence-electron chi connectivity index (χ4n) is 1.29. The van der Waals surface area contributed by atoms with Gasteiger partial charge in [-0.1, -0.05) is 5.16 Å². The van der Waals surface area contributed by atoms with Crippen molar-refractivity contribution < 1.29 is 22.8 Å². The molecule has 0 fully saturated rings. The highest BCUT2D eigenvalue weighted by atomic mass is 32.2. The Labute approximate surface area is 108 Å². The molecule has 0 amide bonds. The predicted octanol–water partition coefficient (Wildman–Crippen LogP) is 0.246. The van der Waals surface area contributed by atoms with E-state index < -0.39 is 16.0 Å². The summed E-state index contributed by atoms with van der Waals surface area (Å²) >= 11 is 0. The Balaban J connectivity index is 2.13. The largest absolute Gasteiger partial charge is 0.478 e. The Morgan fingerprint density at radius 1 is 1.32 bits per heavy atom. The van der Waals surface area contributed by atoms with Crippen molar-refractivity contribution in [1.82, 2.24) is 14.9 Å². The SMILES string of the molecule is O=C(O)c1ccc(S(=O)(=O)NCc2ncon2)cc1. The number of hydrogen-bond donors (Lipinski definition) is 2. The number of nitrogens with one attached hydrogen (secondary N) is 1. The van der Waals surface area contributed by atoms with Crippen LogP contribution >= 0.6 is 0 Å². The van der Waals surface area contributed by atoms with Crippen LogP contribution < -0.4 is 4.72 Å². The van der Waals surface area contributed by atoms with Crippen molar-refractivity contribution in [1.29, 1.82) is 0 Å². The van der Waals surface area contributed by atoms with Crippen LogP contribution in [0.5, 0.6) is 0 Å². The maximum absolute atomic E-state index is 11.9. The maximum atomic E-state index is 11.9. The van der Waals surface area contributed by atoms with Gasteiger partial charge in [0, 0.05) is 0 Å². The van der Waals surface area contributed by atoms with Crippen LogP contribution in [0.25, 0.3) is 0 Å². The molecular weight excluding hydrogens is 274 g/mol. The molecular formula is C10H9N3O5S. The molecule has 100 valence electrons. The third-order valence-electron chi connectivity index (χ3n) is 2.24. The molecule has 2 aromatic rings. The third kappa shape index (κ3) is 3.14. The number of hydrogen-bond acceptors (Lipinski definition) is 6. The average Bonchev–Trinajstić information content (AvgIpc) is 2.90. The fourth-order valence-corrected chi connectivity index (χ4v) is 2.27. The first kappa shape index (κ1) is 13.2. The highest BCUT2D eigenvalue weighted by Gasteiger charge is 2.15. The summed E-state index contributed by atoms with van der Waals surface area (Å²) < 4.78 is 30.5. The average molecular weight is 283 g/mol. The first-order valence-corrected chi connectivity index (χ1v) is 6.55. The summed E-state index contributed by atoms with van der Waals surface area (Å²) in [5.41, 5.74) is 0.0112. The molecule has 0 saturated carbocycles. The lowest BCUT2D eigenvalue weighted by atomic mass is 10.2. The van der Waals surface area contributed by atoms with Crippen LogP contribution in [-0.2, 0) is 16.6 Å². The second-order valence-corrected chi connectivity index (χ2v) is 5.27. The molecule has 0 spiro atoms. The topological polar surface area (TPSA) is 122 Å². The van der Waals surface area contributed by atoms with Gasteiger partial charge in [-0.15, -0.1) is 0 Å². The lowest BCUT2D eigenvalue weighted by Crippen LogP contribution is -2.23. The summed E-state index contributed by atoms with van der Waals surface area (Å²) in [4.78, 5) is 14.3. The molecule has 19 heavy (non-hydrogen) atoms. The van der Waals surface area contributed by atoms with Crippen LogP contribution in [0.1, 0.15) is 16.2 Å². The molecule has 0 atom stereocenters. The summed E-state index contributed by atoms with van der Waals surface area (Å²) in [6.45, 7) is -0.112. The van der Waals surface area contributed by atoms with Crippen molar-refractivity contribution >= 4 is 16.0 Å². The minimum absolute atomic E-state index is 0.0112. The van der Waals surface area contributed by atoms with E-state index in [9.17, 15) is 13.2 Å².